The van der Waals surface area contributed by atoms with Crippen molar-refractivity contribution in [1.82, 2.24) is 5.32 Å². The molecule has 15 heavy (non-hydrogen) atoms. The minimum Gasteiger partial charge on any atom is -0.381 e. The maximum atomic E-state index is 11.2. The van der Waals surface area contributed by atoms with Gasteiger partial charge in [-0.1, -0.05) is 6.92 Å². The molecule has 4 nitrogen and oxygen atoms in total. The molecule has 0 aromatic heterocycles. The van der Waals surface area contributed by atoms with Crippen molar-refractivity contribution in [2.75, 3.05) is 37.8 Å². The van der Waals surface area contributed by atoms with Crippen LogP contribution in [0.2, 0.25) is 0 Å². The van der Waals surface area contributed by atoms with E-state index in [0.29, 0.717) is 12.5 Å². The van der Waals surface area contributed by atoms with Crippen molar-refractivity contribution in [3.05, 3.63) is 0 Å². The van der Waals surface area contributed by atoms with Crippen LogP contribution in [0.3, 0.4) is 0 Å². The monoisotopic (exact) mass is 235 g/mol. The van der Waals surface area contributed by atoms with Gasteiger partial charge in [-0.15, -0.1) is 0 Å². The van der Waals surface area contributed by atoms with Crippen LogP contribution in [0.1, 0.15) is 19.8 Å². The summed E-state index contributed by atoms with van der Waals surface area (Å²) in [5.41, 5.74) is 0. The number of ether oxygens (including phenoxy) is 1. The Morgan fingerprint density at radius 3 is 2.60 bits per heavy atom. The highest BCUT2D eigenvalue weighted by Crippen LogP contribution is 2.12. The summed E-state index contributed by atoms with van der Waals surface area (Å²) in [6.45, 7) is 4.88. The lowest BCUT2D eigenvalue weighted by atomic mass is 10.0. The van der Waals surface area contributed by atoms with Crippen molar-refractivity contribution in [3.8, 4) is 0 Å². The molecular weight excluding hydrogens is 214 g/mol. The van der Waals surface area contributed by atoms with E-state index in [4.69, 9.17) is 4.74 Å². The van der Waals surface area contributed by atoms with Crippen molar-refractivity contribution in [2.45, 2.75) is 19.8 Å². The van der Waals surface area contributed by atoms with Crippen LogP contribution >= 0.6 is 0 Å². The fourth-order valence-electron chi connectivity index (χ4n) is 1.63. The summed E-state index contributed by atoms with van der Waals surface area (Å²) < 4.78 is 27.6. The highest BCUT2D eigenvalue weighted by molar-refractivity contribution is 7.91. The Balaban J connectivity index is 2.06. The van der Waals surface area contributed by atoms with Gasteiger partial charge in [0.15, 0.2) is 9.84 Å². The molecule has 0 spiro atoms. The van der Waals surface area contributed by atoms with Crippen molar-refractivity contribution >= 4 is 9.84 Å². The summed E-state index contributed by atoms with van der Waals surface area (Å²) in [5, 5.41) is 3.21. The molecule has 0 aromatic rings. The fourth-order valence-corrected chi connectivity index (χ4v) is 2.37. The van der Waals surface area contributed by atoms with E-state index in [2.05, 4.69) is 5.32 Å². The molecule has 0 unspecified atom stereocenters. The summed E-state index contributed by atoms with van der Waals surface area (Å²) in [6, 6.07) is 0. The first kappa shape index (κ1) is 12.9. The molecule has 0 bridgehead atoms. The second kappa shape index (κ2) is 6.45. The number of rotatable bonds is 6. The van der Waals surface area contributed by atoms with E-state index in [1.165, 1.54) is 0 Å². The lowest BCUT2D eigenvalue weighted by Gasteiger charge is -2.22. The average Bonchev–Trinajstić information content (AvgIpc) is 2.26. The number of nitrogens with one attached hydrogen (secondary N) is 1. The molecule has 5 heteroatoms. The SMILES string of the molecule is CCS(=O)(=O)CCNCC1CCOCC1. The van der Waals surface area contributed by atoms with Crippen LogP contribution < -0.4 is 5.32 Å². The predicted molar refractivity (Wildman–Crippen MR) is 60.7 cm³/mol. The number of hydrogen-bond donors (Lipinski definition) is 1. The Bertz CT molecular complexity index is 258. The zero-order chi connectivity index (χ0) is 11.1. The Morgan fingerprint density at radius 1 is 1.33 bits per heavy atom. The third-order valence-electron chi connectivity index (χ3n) is 2.80. The second-order valence-electron chi connectivity index (χ2n) is 4.00. The van der Waals surface area contributed by atoms with Gasteiger partial charge in [-0.05, 0) is 25.3 Å². The summed E-state index contributed by atoms with van der Waals surface area (Å²) in [4.78, 5) is 0. The molecule has 0 aliphatic carbocycles. The molecule has 0 atom stereocenters. The van der Waals surface area contributed by atoms with Crippen LogP contribution in [0, 0.1) is 5.92 Å². The van der Waals surface area contributed by atoms with Crippen molar-refractivity contribution in [3.63, 3.8) is 0 Å². The zero-order valence-corrected chi connectivity index (χ0v) is 10.2. The summed E-state index contributed by atoms with van der Waals surface area (Å²) in [6.07, 6.45) is 2.18. The molecule has 0 amide bonds. The molecule has 1 fully saturated rings. The normalized spacial score (nSPS) is 19.3. The lowest BCUT2D eigenvalue weighted by Crippen LogP contribution is -2.31. The lowest BCUT2D eigenvalue weighted by molar-refractivity contribution is 0.0665. The Labute approximate surface area is 92.3 Å². The van der Waals surface area contributed by atoms with Crippen molar-refractivity contribution < 1.29 is 13.2 Å². The molecule has 0 aromatic carbocycles. The molecule has 1 aliphatic rings. The largest absolute Gasteiger partial charge is 0.381 e. The highest BCUT2D eigenvalue weighted by atomic mass is 32.2. The molecule has 1 saturated heterocycles. The van der Waals surface area contributed by atoms with Gasteiger partial charge in [-0.3, -0.25) is 0 Å². The van der Waals surface area contributed by atoms with Gasteiger partial charge in [-0.2, -0.15) is 0 Å². The zero-order valence-electron chi connectivity index (χ0n) is 9.37. The average molecular weight is 235 g/mol. The van der Waals surface area contributed by atoms with E-state index in [9.17, 15) is 8.42 Å². The minimum atomic E-state index is -2.81. The molecule has 0 radical (unpaired) electrons. The van der Waals surface area contributed by atoms with Gasteiger partial charge in [0.25, 0.3) is 0 Å². The number of hydrogen-bond acceptors (Lipinski definition) is 4. The van der Waals surface area contributed by atoms with Gasteiger partial charge in [-0.25, -0.2) is 8.42 Å². The smallest absolute Gasteiger partial charge is 0.151 e. The Hall–Kier alpha value is -0.130. The minimum absolute atomic E-state index is 0.242. The molecule has 90 valence electrons. The van der Waals surface area contributed by atoms with Crippen molar-refractivity contribution in [1.29, 1.82) is 0 Å². The van der Waals surface area contributed by atoms with Crippen LogP contribution in [0.5, 0.6) is 0 Å². The molecule has 1 rings (SSSR count). The third kappa shape index (κ3) is 5.49. The van der Waals surface area contributed by atoms with Gasteiger partial charge in [0.1, 0.15) is 0 Å². The van der Waals surface area contributed by atoms with Crippen LogP contribution in [0.4, 0.5) is 0 Å². The summed E-state index contributed by atoms with van der Waals surface area (Å²) in [5.74, 6) is 1.15. The van der Waals surface area contributed by atoms with Gasteiger partial charge in [0.05, 0.1) is 5.75 Å². The van der Waals surface area contributed by atoms with Gasteiger partial charge in [0.2, 0.25) is 0 Å². The van der Waals surface area contributed by atoms with Gasteiger partial charge < -0.3 is 10.1 Å². The first-order valence-corrected chi connectivity index (χ1v) is 7.45. The second-order valence-corrected chi connectivity index (χ2v) is 6.47. The Morgan fingerprint density at radius 2 is 2.00 bits per heavy atom. The molecule has 1 heterocycles. The van der Waals surface area contributed by atoms with Gasteiger partial charge >= 0.3 is 0 Å². The quantitative estimate of drug-likeness (QED) is 0.679. The van der Waals surface area contributed by atoms with E-state index >= 15 is 0 Å². The van der Waals surface area contributed by atoms with E-state index in [-0.39, 0.29) is 11.5 Å². The Kier molecular flexibility index (Phi) is 5.56. The van der Waals surface area contributed by atoms with Crippen LogP contribution in [0.15, 0.2) is 0 Å². The highest BCUT2D eigenvalue weighted by Gasteiger charge is 2.13. The van der Waals surface area contributed by atoms with E-state index in [1.807, 2.05) is 0 Å². The predicted octanol–water partition coefficient (Wildman–Crippen LogP) is 0.437. The summed E-state index contributed by atoms with van der Waals surface area (Å²) in [7, 11) is -2.81. The van der Waals surface area contributed by atoms with Crippen LogP contribution in [0.25, 0.3) is 0 Å². The molecule has 1 aliphatic heterocycles. The van der Waals surface area contributed by atoms with Crippen molar-refractivity contribution in [2.24, 2.45) is 5.92 Å². The summed E-state index contributed by atoms with van der Waals surface area (Å²) >= 11 is 0. The third-order valence-corrected chi connectivity index (χ3v) is 4.51. The van der Waals surface area contributed by atoms with E-state index < -0.39 is 9.84 Å². The molecule has 0 saturated carbocycles. The van der Waals surface area contributed by atoms with Gasteiger partial charge in [0, 0.05) is 25.5 Å². The first-order chi connectivity index (χ1) is 7.14. The molecular formula is C10H21NO3S. The fraction of sp³-hybridized carbons (Fsp3) is 1.00. The first-order valence-electron chi connectivity index (χ1n) is 5.63. The van der Waals surface area contributed by atoms with Crippen LogP contribution in [-0.4, -0.2) is 46.2 Å². The number of sulfone groups is 1. The maximum Gasteiger partial charge on any atom is 0.151 e. The van der Waals surface area contributed by atoms with E-state index in [0.717, 1.165) is 32.6 Å². The topological polar surface area (TPSA) is 55.4 Å². The molecule has 1 N–H and O–H groups in total. The van der Waals surface area contributed by atoms with Crippen LogP contribution in [-0.2, 0) is 14.6 Å². The standard InChI is InChI=1S/C10H21NO3S/c1-2-15(12,13)8-5-11-9-10-3-6-14-7-4-10/h10-11H,2-9H2,1H3. The maximum absolute atomic E-state index is 11.2. The van der Waals surface area contributed by atoms with E-state index in [1.54, 1.807) is 6.92 Å².